The van der Waals surface area contributed by atoms with E-state index in [1.54, 1.807) is 4.57 Å². The van der Waals surface area contributed by atoms with Gasteiger partial charge in [-0.25, -0.2) is 0 Å². The maximum atomic E-state index is 5.71. The summed E-state index contributed by atoms with van der Waals surface area (Å²) in [6, 6.07) is 0. The molecule has 0 aromatic carbocycles. The number of aromatic nitrogens is 3. The molecule has 25 heavy (non-hydrogen) atoms. The van der Waals surface area contributed by atoms with Gasteiger partial charge in [0.05, 0.1) is 0 Å². The zero-order valence-electron chi connectivity index (χ0n) is 16.3. The summed E-state index contributed by atoms with van der Waals surface area (Å²) < 4.78 is 1.79. The van der Waals surface area contributed by atoms with Crippen LogP contribution < -0.4 is 11.5 Å². The van der Waals surface area contributed by atoms with E-state index in [2.05, 4.69) is 29.3 Å². The largest absolute Gasteiger partial charge is 0.368 e. The molecule has 0 unspecified atom stereocenters. The van der Waals surface area contributed by atoms with Crippen LogP contribution in [0.3, 0.4) is 0 Å². The summed E-state index contributed by atoms with van der Waals surface area (Å²) in [5.74, 6) is 0.843. The Morgan fingerprint density at radius 3 is 1.64 bits per heavy atom. The smallest absolute Gasteiger partial charge is 0.223 e. The van der Waals surface area contributed by atoms with E-state index >= 15 is 0 Å². The molecule has 1 heterocycles. The molecular weight excluding hydrogens is 310 g/mol. The molecule has 0 saturated heterocycles. The van der Waals surface area contributed by atoms with Crippen LogP contribution in [0.15, 0.2) is 12.2 Å². The maximum absolute atomic E-state index is 5.71. The molecule has 0 saturated carbocycles. The number of unbranched alkanes of at least 4 members (excludes halogenated alkanes) is 12. The van der Waals surface area contributed by atoms with Gasteiger partial charge in [0.25, 0.3) is 0 Å². The van der Waals surface area contributed by atoms with E-state index in [9.17, 15) is 0 Å². The summed E-state index contributed by atoms with van der Waals surface area (Å²) in [5, 5.41) is 7.53. The quantitative estimate of drug-likeness (QED) is 0.306. The third-order valence-corrected chi connectivity index (χ3v) is 4.70. The molecule has 1 rings (SSSR count). The zero-order valence-corrected chi connectivity index (χ0v) is 16.3. The Kier molecular flexibility index (Phi) is 12.7. The minimum atomic E-state index is 0.422. The molecule has 0 amide bonds. The first kappa shape index (κ1) is 21.5. The fraction of sp³-hybridized carbons (Fsp3) is 0.800. The lowest BCUT2D eigenvalue weighted by Crippen LogP contribution is -2.07. The van der Waals surface area contributed by atoms with Gasteiger partial charge in [0.15, 0.2) is 0 Å². The van der Waals surface area contributed by atoms with Crippen molar-refractivity contribution in [3.8, 4) is 0 Å². The van der Waals surface area contributed by atoms with E-state index in [0.717, 1.165) is 13.0 Å². The number of hydrogen-bond donors (Lipinski definition) is 2. The van der Waals surface area contributed by atoms with Crippen LogP contribution in [0.4, 0.5) is 11.9 Å². The minimum Gasteiger partial charge on any atom is -0.368 e. The van der Waals surface area contributed by atoms with Gasteiger partial charge in [0.1, 0.15) is 0 Å². The molecule has 4 N–H and O–H groups in total. The number of nitrogens with zero attached hydrogens (tertiary/aromatic N) is 3. The van der Waals surface area contributed by atoms with E-state index in [0.29, 0.717) is 11.9 Å². The molecule has 5 heteroatoms. The van der Waals surface area contributed by atoms with Gasteiger partial charge in [-0.3, -0.25) is 4.57 Å². The molecule has 0 radical (unpaired) electrons. The lowest BCUT2D eigenvalue weighted by molar-refractivity contribution is 0.558. The average Bonchev–Trinajstić information content (AvgIpc) is 2.93. The van der Waals surface area contributed by atoms with Crippen LogP contribution in [-0.4, -0.2) is 14.8 Å². The van der Waals surface area contributed by atoms with Crippen molar-refractivity contribution in [1.29, 1.82) is 0 Å². The first-order chi connectivity index (χ1) is 12.3. The topological polar surface area (TPSA) is 82.8 Å². The Labute approximate surface area is 154 Å². The van der Waals surface area contributed by atoms with Crippen LogP contribution in [0.1, 0.15) is 96.8 Å². The molecule has 1 aromatic rings. The Hall–Kier alpha value is -1.52. The van der Waals surface area contributed by atoms with Crippen molar-refractivity contribution < 1.29 is 0 Å². The molecule has 0 aliphatic carbocycles. The molecule has 0 atom stereocenters. The second kappa shape index (κ2) is 14.8. The van der Waals surface area contributed by atoms with Crippen molar-refractivity contribution in [3.05, 3.63) is 12.2 Å². The maximum Gasteiger partial charge on any atom is 0.223 e. The molecule has 0 aliphatic rings. The highest BCUT2D eigenvalue weighted by atomic mass is 15.4. The third-order valence-electron chi connectivity index (χ3n) is 4.70. The van der Waals surface area contributed by atoms with Gasteiger partial charge < -0.3 is 11.5 Å². The van der Waals surface area contributed by atoms with Crippen LogP contribution in [0.5, 0.6) is 0 Å². The van der Waals surface area contributed by atoms with E-state index in [-0.39, 0.29) is 0 Å². The van der Waals surface area contributed by atoms with E-state index in [1.807, 2.05) is 0 Å². The monoisotopic (exact) mass is 349 g/mol. The predicted octanol–water partition coefficient (Wildman–Crippen LogP) is 5.48. The number of nitrogens with two attached hydrogens (primary N) is 2. The highest BCUT2D eigenvalue weighted by molar-refractivity contribution is 5.28. The normalized spacial score (nSPS) is 11.6. The minimum absolute atomic E-state index is 0.422. The number of rotatable bonds is 16. The van der Waals surface area contributed by atoms with Gasteiger partial charge in [-0.1, -0.05) is 76.9 Å². The van der Waals surface area contributed by atoms with Gasteiger partial charge in [0.2, 0.25) is 11.9 Å². The molecule has 0 spiro atoms. The van der Waals surface area contributed by atoms with Crippen LogP contribution in [-0.2, 0) is 6.54 Å². The second-order valence-electron chi connectivity index (χ2n) is 7.01. The van der Waals surface area contributed by atoms with Gasteiger partial charge in [-0.15, -0.1) is 10.2 Å². The van der Waals surface area contributed by atoms with Crippen molar-refractivity contribution in [3.63, 3.8) is 0 Å². The summed E-state index contributed by atoms with van der Waals surface area (Å²) in [7, 11) is 0. The van der Waals surface area contributed by atoms with Gasteiger partial charge in [-0.05, 0) is 32.1 Å². The molecule has 0 aliphatic heterocycles. The summed E-state index contributed by atoms with van der Waals surface area (Å²) in [5.41, 5.74) is 11.4. The van der Waals surface area contributed by atoms with E-state index in [1.165, 1.54) is 83.5 Å². The van der Waals surface area contributed by atoms with Gasteiger partial charge in [0, 0.05) is 6.54 Å². The van der Waals surface area contributed by atoms with Crippen LogP contribution in [0.25, 0.3) is 0 Å². The Balaban J connectivity index is 1.82. The molecule has 0 fully saturated rings. The standard InChI is InChI=1S/C20H39N5/c1-2-3-4-5-6-7-8-9-10-11-12-13-14-15-16-17-18-25-19(21)23-24-20(25)22/h9-10H,2-8,11-18H2,1H3,(H2,21,23)(H2,22,24)/b10-9-. The average molecular weight is 350 g/mol. The first-order valence-electron chi connectivity index (χ1n) is 10.3. The second-order valence-corrected chi connectivity index (χ2v) is 7.01. The Morgan fingerprint density at radius 1 is 0.680 bits per heavy atom. The fourth-order valence-corrected chi connectivity index (χ4v) is 3.07. The Morgan fingerprint density at radius 2 is 1.12 bits per heavy atom. The van der Waals surface area contributed by atoms with Crippen LogP contribution >= 0.6 is 0 Å². The van der Waals surface area contributed by atoms with E-state index in [4.69, 9.17) is 11.5 Å². The first-order valence-corrected chi connectivity index (χ1v) is 10.3. The van der Waals surface area contributed by atoms with Gasteiger partial charge >= 0.3 is 0 Å². The molecule has 1 aromatic heterocycles. The highest BCUT2D eigenvalue weighted by Crippen LogP contribution is 2.12. The van der Waals surface area contributed by atoms with Crippen molar-refractivity contribution in [2.24, 2.45) is 0 Å². The number of hydrogen-bond acceptors (Lipinski definition) is 4. The van der Waals surface area contributed by atoms with Crippen molar-refractivity contribution in [1.82, 2.24) is 14.8 Å². The SMILES string of the molecule is CCCCCCCC/C=C\CCCCCCCCn1c(N)nnc1N. The highest BCUT2D eigenvalue weighted by Gasteiger charge is 2.04. The predicted molar refractivity (Wildman–Crippen MR) is 108 cm³/mol. The summed E-state index contributed by atoms with van der Waals surface area (Å²) in [6.07, 6.45) is 23.2. The van der Waals surface area contributed by atoms with Crippen LogP contribution in [0.2, 0.25) is 0 Å². The van der Waals surface area contributed by atoms with Crippen molar-refractivity contribution >= 4 is 11.9 Å². The summed E-state index contributed by atoms with van der Waals surface area (Å²) in [6.45, 7) is 3.10. The van der Waals surface area contributed by atoms with Crippen molar-refractivity contribution in [2.45, 2.75) is 103 Å². The lowest BCUT2D eigenvalue weighted by atomic mass is 10.1. The third kappa shape index (κ3) is 10.8. The van der Waals surface area contributed by atoms with Gasteiger partial charge in [-0.2, -0.15) is 0 Å². The van der Waals surface area contributed by atoms with Crippen LogP contribution in [0, 0.1) is 0 Å². The van der Waals surface area contributed by atoms with Crippen molar-refractivity contribution in [2.75, 3.05) is 11.5 Å². The summed E-state index contributed by atoms with van der Waals surface area (Å²) in [4.78, 5) is 0. The fourth-order valence-electron chi connectivity index (χ4n) is 3.07. The number of anilines is 2. The number of nitrogen functional groups attached to an aromatic ring is 2. The molecule has 0 bridgehead atoms. The Bertz CT molecular complexity index is 433. The zero-order chi connectivity index (χ0) is 18.2. The number of allylic oxidation sites excluding steroid dienone is 2. The summed E-state index contributed by atoms with van der Waals surface area (Å²) >= 11 is 0. The van der Waals surface area contributed by atoms with E-state index < -0.39 is 0 Å². The lowest BCUT2D eigenvalue weighted by Gasteiger charge is -2.05. The molecule has 5 nitrogen and oxygen atoms in total. The molecule has 144 valence electrons. The molecular formula is C20H39N5.